The summed E-state index contributed by atoms with van der Waals surface area (Å²) in [6, 6.07) is 4.89. The number of thiazole rings is 1. The van der Waals surface area contributed by atoms with E-state index in [9.17, 15) is 9.59 Å². The molecule has 170 valence electrons. The van der Waals surface area contributed by atoms with Gasteiger partial charge in [0.1, 0.15) is 16.5 Å². The van der Waals surface area contributed by atoms with Crippen molar-refractivity contribution in [1.29, 1.82) is 0 Å². The Morgan fingerprint density at radius 2 is 2.06 bits per heavy atom. The van der Waals surface area contributed by atoms with Gasteiger partial charge < -0.3 is 14.5 Å². The molecule has 0 spiro atoms. The van der Waals surface area contributed by atoms with Crippen molar-refractivity contribution in [2.24, 2.45) is 0 Å². The first kappa shape index (κ1) is 22.1. The van der Waals surface area contributed by atoms with Crippen molar-refractivity contribution < 1.29 is 13.9 Å². The van der Waals surface area contributed by atoms with Gasteiger partial charge in [-0.1, -0.05) is 0 Å². The fourth-order valence-corrected chi connectivity index (χ4v) is 3.89. The van der Waals surface area contributed by atoms with Crippen molar-refractivity contribution in [2.45, 2.75) is 20.8 Å². The number of H-pyrrole nitrogens is 1. The smallest absolute Gasteiger partial charge is 0.434 e. The fourth-order valence-electron chi connectivity index (χ4n) is 3.06. The van der Waals surface area contributed by atoms with Crippen molar-refractivity contribution >= 4 is 23.2 Å². The van der Waals surface area contributed by atoms with Crippen molar-refractivity contribution in [2.75, 3.05) is 18.5 Å². The molecule has 4 heterocycles. The van der Waals surface area contributed by atoms with Gasteiger partial charge in [0.25, 0.3) is 5.89 Å². The largest absolute Gasteiger partial charge is 0.478 e. The number of carbonyl (C=O) groups excluding carboxylic acids is 1. The maximum Gasteiger partial charge on any atom is 0.434 e. The van der Waals surface area contributed by atoms with Crippen LogP contribution >= 0.6 is 11.3 Å². The summed E-state index contributed by atoms with van der Waals surface area (Å²) < 4.78 is 10.7. The number of rotatable bonds is 7. The highest BCUT2D eigenvalue weighted by molar-refractivity contribution is 7.13. The summed E-state index contributed by atoms with van der Waals surface area (Å²) in [7, 11) is 0. The summed E-state index contributed by atoms with van der Waals surface area (Å²) in [6.45, 7) is 6.47. The Hall–Kier alpha value is -4.06. The number of carbonyl (C=O) groups is 1. The van der Waals surface area contributed by atoms with E-state index in [-0.39, 0.29) is 11.9 Å². The lowest BCUT2D eigenvalue weighted by Gasteiger charge is -2.13. The van der Waals surface area contributed by atoms with Gasteiger partial charge in [0.15, 0.2) is 0 Å². The van der Waals surface area contributed by atoms with Crippen LogP contribution in [0.4, 0.5) is 10.6 Å². The zero-order valence-corrected chi connectivity index (χ0v) is 18.9. The highest BCUT2D eigenvalue weighted by atomic mass is 32.1. The van der Waals surface area contributed by atoms with E-state index in [1.54, 1.807) is 24.4 Å². The number of hydrogen-bond donors (Lipinski definition) is 3. The van der Waals surface area contributed by atoms with Crippen LogP contribution in [0.2, 0.25) is 0 Å². The molecule has 2 amide bonds. The first-order chi connectivity index (χ1) is 16.0. The molecular weight excluding hydrogens is 446 g/mol. The van der Waals surface area contributed by atoms with Crippen LogP contribution in [0, 0.1) is 6.92 Å². The molecule has 4 aromatic heterocycles. The molecule has 11 nitrogen and oxygen atoms in total. The second-order valence-corrected chi connectivity index (χ2v) is 7.68. The molecule has 4 aromatic rings. The quantitative estimate of drug-likeness (QED) is 0.374. The number of amides is 2. The molecule has 0 aromatic carbocycles. The lowest BCUT2D eigenvalue weighted by atomic mass is 10.0. The molecule has 3 N–H and O–H groups in total. The highest BCUT2D eigenvalue weighted by Gasteiger charge is 2.18. The van der Waals surface area contributed by atoms with Gasteiger partial charge in [-0.25, -0.2) is 29.6 Å². The predicted molar refractivity (Wildman–Crippen MR) is 123 cm³/mol. The van der Waals surface area contributed by atoms with Crippen LogP contribution in [0.1, 0.15) is 19.5 Å². The number of urea groups is 1. The van der Waals surface area contributed by atoms with E-state index < -0.39 is 5.76 Å². The summed E-state index contributed by atoms with van der Waals surface area (Å²) >= 11 is 1.48. The molecule has 0 fully saturated rings. The molecule has 0 unspecified atom stereocenters. The minimum atomic E-state index is -0.684. The van der Waals surface area contributed by atoms with Gasteiger partial charge in [-0.2, -0.15) is 0 Å². The maximum absolute atomic E-state index is 12.0. The molecule has 12 heteroatoms. The van der Waals surface area contributed by atoms with Crippen LogP contribution in [0.5, 0.6) is 5.88 Å². The van der Waals surface area contributed by atoms with Gasteiger partial charge in [0, 0.05) is 41.0 Å². The van der Waals surface area contributed by atoms with Gasteiger partial charge >= 0.3 is 11.8 Å². The van der Waals surface area contributed by atoms with Gasteiger partial charge in [-0.05, 0) is 38.5 Å². The van der Waals surface area contributed by atoms with Crippen LogP contribution in [0.15, 0.2) is 39.0 Å². The molecule has 0 aliphatic rings. The number of aryl methyl sites for hydroxylation is 1. The van der Waals surface area contributed by atoms with Crippen LogP contribution in [-0.4, -0.2) is 44.3 Å². The number of hydrogen-bond acceptors (Lipinski definition) is 9. The number of nitrogens with one attached hydrogen (secondary N) is 3. The molecule has 4 rings (SSSR count). The van der Waals surface area contributed by atoms with Crippen LogP contribution < -0.4 is 21.1 Å². The van der Waals surface area contributed by atoms with Gasteiger partial charge in [0.2, 0.25) is 5.88 Å². The minimum Gasteiger partial charge on any atom is -0.478 e. The minimum absolute atomic E-state index is 0.0388. The summed E-state index contributed by atoms with van der Waals surface area (Å²) in [5, 5.41) is 14.2. The Bertz CT molecular complexity index is 1340. The van der Waals surface area contributed by atoms with Crippen LogP contribution in [-0.2, 0) is 0 Å². The Morgan fingerprint density at radius 1 is 1.21 bits per heavy atom. The normalized spacial score (nSPS) is 10.8. The van der Waals surface area contributed by atoms with Gasteiger partial charge in [-0.3, -0.25) is 5.32 Å². The maximum atomic E-state index is 12.0. The Morgan fingerprint density at radius 3 is 2.73 bits per heavy atom. The Labute approximate surface area is 192 Å². The van der Waals surface area contributed by atoms with Gasteiger partial charge in [-0.15, -0.1) is 16.4 Å². The van der Waals surface area contributed by atoms with Crippen LogP contribution in [0.25, 0.3) is 33.3 Å². The summed E-state index contributed by atoms with van der Waals surface area (Å²) in [4.78, 5) is 36.8. The number of pyridine rings is 2. The average Bonchev–Trinajstić information content (AvgIpc) is 3.42. The third-order valence-corrected chi connectivity index (χ3v) is 5.39. The number of anilines is 1. The average molecular weight is 468 g/mol. The van der Waals surface area contributed by atoms with E-state index in [0.717, 1.165) is 21.8 Å². The molecule has 0 atom stereocenters. The van der Waals surface area contributed by atoms with Gasteiger partial charge in [0.05, 0.1) is 6.61 Å². The molecule has 0 saturated heterocycles. The second-order valence-electron chi connectivity index (χ2n) is 6.82. The summed E-state index contributed by atoms with van der Waals surface area (Å²) in [5.41, 5.74) is 3.39. The topological polar surface area (TPSA) is 148 Å². The molecule has 0 aliphatic heterocycles. The zero-order chi connectivity index (χ0) is 23.4. The number of aromatic nitrogens is 5. The molecule has 33 heavy (non-hydrogen) atoms. The van der Waals surface area contributed by atoms with Crippen molar-refractivity contribution in [3.63, 3.8) is 0 Å². The van der Waals surface area contributed by atoms with Crippen LogP contribution in [0.3, 0.4) is 0 Å². The van der Waals surface area contributed by atoms with E-state index in [1.165, 1.54) is 11.3 Å². The monoisotopic (exact) mass is 467 g/mol. The second kappa shape index (κ2) is 9.61. The third-order valence-electron chi connectivity index (χ3n) is 4.39. The predicted octanol–water partition coefficient (Wildman–Crippen LogP) is 3.46. The van der Waals surface area contributed by atoms with Crippen molar-refractivity contribution in [3.05, 3.63) is 46.0 Å². The standard InChI is InChI=1S/C21H21N7O4S/c1-4-22-20(29)26-16-8-13(19-24-11(3)10-33-19)14(9-23-16)12-6-15(18-27-28-21(30)32-18)25-17(7-12)31-5-2/h6-10H,4-5H2,1-3H3,(H,28,30)(H2,22,23,26,29). The van der Waals surface area contributed by atoms with E-state index >= 15 is 0 Å². The number of ether oxygens (including phenoxy) is 1. The Kier molecular flexibility index (Phi) is 6.45. The Balaban J connectivity index is 1.85. The highest BCUT2D eigenvalue weighted by Crippen LogP contribution is 2.37. The number of nitrogens with zero attached hydrogens (tertiary/aromatic N) is 4. The molecule has 0 aliphatic carbocycles. The summed E-state index contributed by atoms with van der Waals surface area (Å²) in [5.74, 6) is 0.0695. The van der Waals surface area contributed by atoms with E-state index in [1.807, 2.05) is 26.2 Å². The SMILES string of the molecule is CCNC(=O)Nc1cc(-c2nc(C)cs2)c(-c2cc(OCC)nc(-c3n[nH]c(=O)o3)c2)cn1. The fraction of sp³-hybridized carbons (Fsp3) is 0.238. The van der Waals surface area contributed by atoms with E-state index in [4.69, 9.17) is 9.15 Å². The lowest BCUT2D eigenvalue weighted by molar-refractivity contribution is 0.252. The third kappa shape index (κ3) is 5.06. The first-order valence-corrected chi connectivity index (χ1v) is 11.0. The molecule has 0 bridgehead atoms. The van der Waals surface area contributed by atoms with Crippen molar-refractivity contribution in [1.82, 2.24) is 30.5 Å². The van der Waals surface area contributed by atoms with E-state index in [2.05, 4.69) is 35.8 Å². The number of aromatic amines is 1. The van der Waals surface area contributed by atoms with E-state index in [0.29, 0.717) is 36.1 Å². The molecule has 0 radical (unpaired) electrons. The lowest BCUT2D eigenvalue weighted by Crippen LogP contribution is -2.28. The first-order valence-electron chi connectivity index (χ1n) is 10.1. The van der Waals surface area contributed by atoms with Crippen molar-refractivity contribution in [3.8, 4) is 39.2 Å². The molecule has 0 saturated carbocycles. The summed E-state index contributed by atoms with van der Waals surface area (Å²) in [6.07, 6.45) is 1.64. The zero-order valence-electron chi connectivity index (χ0n) is 18.1. The molecular formula is C21H21N7O4S.